The zero-order valence-corrected chi connectivity index (χ0v) is 13.6. The highest BCUT2D eigenvalue weighted by molar-refractivity contribution is 5.31. The van der Waals surface area contributed by atoms with Gasteiger partial charge in [-0.1, -0.05) is 42.5 Å². The molecular formula is C19H23ClNO-. The molecule has 1 aliphatic heterocycles. The Labute approximate surface area is 139 Å². The van der Waals surface area contributed by atoms with Crippen LogP contribution in [0.3, 0.4) is 0 Å². The summed E-state index contributed by atoms with van der Waals surface area (Å²) >= 11 is 0. The number of hydrogen-bond acceptors (Lipinski definition) is 2. The van der Waals surface area contributed by atoms with Crippen molar-refractivity contribution in [1.29, 1.82) is 0 Å². The van der Waals surface area contributed by atoms with Gasteiger partial charge in [0.15, 0.2) is 0 Å². The molecule has 2 aromatic rings. The summed E-state index contributed by atoms with van der Waals surface area (Å²) < 4.78 is 5.92. The summed E-state index contributed by atoms with van der Waals surface area (Å²) in [5, 5.41) is 3.39. The van der Waals surface area contributed by atoms with E-state index >= 15 is 0 Å². The van der Waals surface area contributed by atoms with Gasteiger partial charge in [0, 0.05) is 0 Å². The minimum atomic E-state index is 0. The van der Waals surface area contributed by atoms with Crippen molar-refractivity contribution in [2.24, 2.45) is 5.92 Å². The van der Waals surface area contributed by atoms with E-state index in [1.165, 1.54) is 24.0 Å². The minimum absolute atomic E-state index is 0. The second kappa shape index (κ2) is 8.82. The Balaban J connectivity index is 0.00000176. The van der Waals surface area contributed by atoms with Crippen molar-refractivity contribution in [3.05, 3.63) is 65.7 Å². The molecule has 1 N–H and O–H groups in total. The molecular weight excluding hydrogens is 294 g/mol. The van der Waals surface area contributed by atoms with Gasteiger partial charge in [-0.15, -0.1) is 0 Å². The van der Waals surface area contributed by atoms with Crippen LogP contribution >= 0.6 is 0 Å². The number of piperidine rings is 1. The van der Waals surface area contributed by atoms with E-state index in [1.54, 1.807) is 0 Å². The van der Waals surface area contributed by atoms with Gasteiger partial charge in [-0.25, -0.2) is 0 Å². The zero-order valence-electron chi connectivity index (χ0n) is 12.8. The van der Waals surface area contributed by atoms with Gasteiger partial charge in [-0.05, 0) is 61.5 Å². The molecule has 0 radical (unpaired) electrons. The summed E-state index contributed by atoms with van der Waals surface area (Å²) in [6.45, 7) is 3.10. The van der Waals surface area contributed by atoms with E-state index in [0.29, 0.717) is 5.92 Å². The van der Waals surface area contributed by atoms with Crippen LogP contribution in [0.4, 0.5) is 0 Å². The molecule has 0 saturated carbocycles. The first-order valence-corrected chi connectivity index (χ1v) is 7.86. The Morgan fingerprint density at radius 1 is 0.864 bits per heavy atom. The van der Waals surface area contributed by atoms with Crippen LogP contribution in [-0.4, -0.2) is 19.7 Å². The van der Waals surface area contributed by atoms with Gasteiger partial charge in [0.05, 0.1) is 6.61 Å². The number of ether oxygens (including phenoxy) is 1. The maximum absolute atomic E-state index is 5.92. The number of rotatable bonds is 5. The lowest BCUT2D eigenvalue weighted by Gasteiger charge is -2.22. The van der Waals surface area contributed by atoms with Crippen LogP contribution in [0.15, 0.2) is 54.6 Å². The van der Waals surface area contributed by atoms with Crippen LogP contribution in [0.25, 0.3) is 0 Å². The minimum Gasteiger partial charge on any atom is -1.00 e. The van der Waals surface area contributed by atoms with Crippen molar-refractivity contribution in [1.82, 2.24) is 5.32 Å². The fourth-order valence-electron chi connectivity index (χ4n) is 2.80. The van der Waals surface area contributed by atoms with E-state index in [9.17, 15) is 0 Å². The molecule has 0 spiro atoms. The molecule has 0 unspecified atom stereocenters. The van der Waals surface area contributed by atoms with Gasteiger partial charge in [-0.2, -0.15) is 0 Å². The van der Waals surface area contributed by atoms with Gasteiger partial charge in [-0.3, -0.25) is 0 Å². The first kappa shape index (κ1) is 16.9. The van der Waals surface area contributed by atoms with E-state index in [2.05, 4.69) is 59.9 Å². The fraction of sp³-hybridized carbons (Fsp3) is 0.368. The van der Waals surface area contributed by atoms with Gasteiger partial charge in [0.2, 0.25) is 0 Å². The molecule has 3 heteroatoms. The first-order valence-electron chi connectivity index (χ1n) is 7.86. The van der Waals surface area contributed by atoms with Crippen LogP contribution in [0.2, 0.25) is 0 Å². The van der Waals surface area contributed by atoms with Crippen LogP contribution < -0.4 is 22.5 Å². The van der Waals surface area contributed by atoms with Crippen LogP contribution in [0.1, 0.15) is 24.0 Å². The third-order valence-electron chi connectivity index (χ3n) is 4.12. The smallest absolute Gasteiger partial charge is 0.119 e. The lowest BCUT2D eigenvalue weighted by atomic mass is 9.99. The topological polar surface area (TPSA) is 21.3 Å². The van der Waals surface area contributed by atoms with E-state index in [1.807, 2.05) is 0 Å². The number of hydrogen-bond donors (Lipinski definition) is 1. The first-order chi connectivity index (χ1) is 10.4. The standard InChI is InChI=1S/C19H23NO.ClH/c1-2-4-16(5-3-1)14-17-6-8-19(9-7-17)21-15-18-10-12-20-13-11-18;/h1-9,18,20H,10-15H2;1H/p-1. The summed E-state index contributed by atoms with van der Waals surface area (Å²) in [7, 11) is 0. The quantitative estimate of drug-likeness (QED) is 0.875. The Bertz CT molecular complexity index is 535. The predicted molar refractivity (Wildman–Crippen MR) is 86.8 cm³/mol. The summed E-state index contributed by atoms with van der Waals surface area (Å²) in [4.78, 5) is 0. The largest absolute Gasteiger partial charge is 1.00 e. The molecule has 0 aliphatic carbocycles. The molecule has 1 heterocycles. The average molecular weight is 317 g/mol. The highest BCUT2D eigenvalue weighted by atomic mass is 35.5. The lowest BCUT2D eigenvalue weighted by molar-refractivity contribution is -0.00000469. The van der Waals surface area contributed by atoms with Crippen molar-refractivity contribution in [3.8, 4) is 5.75 Å². The molecule has 0 atom stereocenters. The normalized spacial score (nSPS) is 15.1. The molecule has 1 saturated heterocycles. The van der Waals surface area contributed by atoms with E-state index in [4.69, 9.17) is 4.74 Å². The monoisotopic (exact) mass is 316 g/mol. The highest BCUT2D eigenvalue weighted by Crippen LogP contribution is 2.18. The second-order valence-corrected chi connectivity index (χ2v) is 5.81. The molecule has 2 nitrogen and oxygen atoms in total. The van der Waals surface area contributed by atoms with E-state index in [-0.39, 0.29) is 12.4 Å². The molecule has 1 fully saturated rings. The molecule has 2 aromatic carbocycles. The van der Waals surface area contributed by atoms with E-state index < -0.39 is 0 Å². The molecule has 3 rings (SSSR count). The van der Waals surface area contributed by atoms with Gasteiger partial charge >= 0.3 is 0 Å². The van der Waals surface area contributed by atoms with Gasteiger partial charge in [0.1, 0.15) is 5.75 Å². The second-order valence-electron chi connectivity index (χ2n) is 5.81. The lowest BCUT2D eigenvalue weighted by Crippen LogP contribution is -3.00. The maximum Gasteiger partial charge on any atom is 0.119 e. The third kappa shape index (κ3) is 5.04. The van der Waals surface area contributed by atoms with Crippen LogP contribution in [-0.2, 0) is 6.42 Å². The molecule has 0 amide bonds. The van der Waals surface area contributed by atoms with E-state index in [0.717, 1.165) is 31.9 Å². The van der Waals surface area contributed by atoms with Crippen molar-refractivity contribution >= 4 is 0 Å². The Morgan fingerprint density at radius 3 is 2.18 bits per heavy atom. The predicted octanol–water partition coefficient (Wildman–Crippen LogP) is 0.660. The third-order valence-corrected chi connectivity index (χ3v) is 4.12. The van der Waals surface area contributed by atoms with Crippen molar-refractivity contribution in [2.75, 3.05) is 19.7 Å². The number of nitrogens with one attached hydrogen (secondary N) is 1. The Kier molecular flexibility index (Phi) is 6.75. The molecule has 0 bridgehead atoms. The summed E-state index contributed by atoms with van der Waals surface area (Å²) in [6, 6.07) is 19.1. The van der Waals surface area contributed by atoms with Crippen LogP contribution in [0, 0.1) is 5.92 Å². The molecule has 118 valence electrons. The Morgan fingerprint density at radius 2 is 1.50 bits per heavy atom. The molecule has 1 aliphatic rings. The van der Waals surface area contributed by atoms with Crippen molar-refractivity contribution in [3.63, 3.8) is 0 Å². The van der Waals surface area contributed by atoms with Crippen molar-refractivity contribution in [2.45, 2.75) is 19.3 Å². The van der Waals surface area contributed by atoms with Crippen LogP contribution in [0.5, 0.6) is 5.75 Å². The van der Waals surface area contributed by atoms with Gasteiger partial charge < -0.3 is 22.5 Å². The summed E-state index contributed by atoms with van der Waals surface area (Å²) in [5.41, 5.74) is 2.68. The average Bonchev–Trinajstić information content (AvgIpc) is 2.56. The molecule has 22 heavy (non-hydrogen) atoms. The van der Waals surface area contributed by atoms with Gasteiger partial charge in [0.25, 0.3) is 0 Å². The SMILES string of the molecule is [Cl-].c1ccc(Cc2ccc(OCC3CCNCC3)cc2)cc1. The Hall–Kier alpha value is -1.51. The summed E-state index contributed by atoms with van der Waals surface area (Å²) in [6.07, 6.45) is 3.44. The van der Waals surface area contributed by atoms with Crippen molar-refractivity contribution < 1.29 is 17.1 Å². The maximum atomic E-state index is 5.92. The fourth-order valence-corrected chi connectivity index (χ4v) is 2.80. The highest BCUT2D eigenvalue weighted by Gasteiger charge is 2.13. The summed E-state index contributed by atoms with van der Waals surface area (Å²) in [5.74, 6) is 1.69. The number of benzene rings is 2. The zero-order chi connectivity index (χ0) is 14.3. The number of halogens is 1. The molecule has 0 aromatic heterocycles.